The van der Waals surface area contributed by atoms with Gasteiger partial charge in [0, 0.05) is 22.2 Å². The molecular formula is C19H21Cl2N3O4S2. The summed E-state index contributed by atoms with van der Waals surface area (Å²) in [5.41, 5.74) is 0.420. The number of rotatable bonds is 9. The molecule has 0 heterocycles. The highest BCUT2D eigenvalue weighted by molar-refractivity contribution is 8.00. The van der Waals surface area contributed by atoms with Crippen molar-refractivity contribution in [3.8, 4) is 0 Å². The van der Waals surface area contributed by atoms with Gasteiger partial charge in [-0.05, 0) is 48.9 Å². The lowest BCUT2D eigenvalue weighted by molar-refractivity contribution is -0.113. The first-order chi connectivity index (χ1) is 14.2. The highest BCUT2D eigenvalue weighted by Gasteiger charge is 2.17. The van der Waals surface area contributed by atoms with Crippen LogP contribution in [0.1, 0.15) is 19.8 Å². The Labute approximate surface area is 190 Å². The van der Waals surface area contributed by atoms with Crippen molar-refractivity contribution in [3.63, 3.8) is 0 Å². The molecule has 0 saturated heterocycles. The predicted molar refractivity (Wildman–Crippen MR) is 121 cm³/mol. The number of urea groups is 1. The first-order valence-electron chi connectivity index (χ1n) is 8.99. The zero-order valence-corrected chi connectivity index (χ0v) is 19.2. The minimum atomic E-state index is -4.00. The van der Waals surface area contributed by atoms with E-state index in [4.69, 9.17) is 23.2 Å². The Hall–Kier alpha value is -1.94. The van der Waals surface area contributed by atoms with E-state index in [1.807, 2.05) is 11.6 Å². The molecule has 2 rings (SSSR count). The average Bonchev–Trinajstić information content (AvgIpc) is 2.69. The normalized spacial score (nSPS) is 11.0. The number of carbonyl (C=O) groups is 2. The van der Waals surface area contributed by atoms with Crippen molar-refractivity contribution in [2.75, 3.05) is 17.6 Å². The lowest BCUT2D eigenvalue weighted by Gasteiger charge is -2.10. The number of benzene rings is 2. The van der Waals surface area contributed by atoms with E-state index in [0.717, 1.165) is 12.8 Å². The number of thioether (sulfide) groups is 1. The van der Waals surface area contributed by atoms with Gasteiger partial charge in [-0.25, -0.2) is 17.9 Å². The van der Waals surface area contributed by atoms with Crippen LogP contribution in [-0.2, 0) is 14.8 Å². The summed E-state index contributed by atoms with van der Waals surface area (Å²) in [5, 5.41) is 6.16. The molecule has 11 heteroatoms. The quantitative estimate of drug-likeness (QED) is 0.354. The molecule has 2 aromatic rings. The molecule has 0 saturated carbocycles. The Bertz CT molecular complexity index is 999. The Kier molecular flexibility index (Phi) is 9.29. The molecule has 0 aliphatic rings. The Morgan fingerprint density at radius 2 is 1.77 bits per heavy atom. The van der Waals surface area contributed by atoms with Gasteiger partial charge in [0.15, 0.2) is 0 Å². The van der Waals surface area contributed by atoms with Crippen LogP contribution in [0.2, 0.25) is 10.0 Å². The molecule has 2 aromatic carbocycles. The summed E-state index contributed by atoms with van der Waals surface area (Å²) < 4.78 is 26.4. The van der Waals surface area contributed by atoms with Crippen molar-refractivity contribution < 1.29 is 18.0 Å². The number of sulfonamides is 1. The average molecular weight is 490 g/mol. The van der Waals surface area contributed by atoms with E-state index in [2.05, 4.69) is 10.6 Å². The van der Waals surface area contributed by atoms with Crippen molar-refractivity contribution in [1.29, 1.82) is 0 Å². The number of halogens is 2. The Morgan fingerprint density at radius 1 is 1.07 bits per heavy atom. The molecule has 0 aromatic heterocycles. The minimum Gasteiger partial charge on any atom is -0.337 e. The molecule has 0 unspecified atom stereocenters. The second-order valence-electron chi connectivity index (χ2n) is 6.15. The van der Waals surface area contributed by atoms with E-state index in [1.165, 1.54) is 36.0 Å². The van der Waals surface area contributed by atoms with Crippen LogP contribution in [0.25, 0.3) is 0 Å². The molecule has 0 aliphatic heterocycles. The van der Waals surface area contributed by atoms with Gasteiger partial charge in [0.2, 0.25) is 5.91 Å². The van der Waals surface area contributed by atoms with Crippen molar-refractivity contribution >= 4 is 62.6 Å². The summed E-state index contributed by atoms with van der Waals surface area (Å²) in [6, 6.07) is 9.70. The van der Waals surface area contributed by atoms with Crippen LogP contribution in [0.3, 0.4) is 0 Å². The molecule has 7 nitrogen and oxygen atoms in total. The Morgan fingerprint density at radius 3 is 2.43 bits per heavy atom. The molecule has 0 atom stereocenters. The van der Waals surface area contributed by atoms with Crippen LogP contribution in [0.15, 0.2) is 52.3 Å². The lowest BCUT2D eigenvalue weighted by Crippen LogP contribution is -2.39. The van der Waals surface area contributed by atoms with Crippen LogP contribution in [0.4, 0.5) is 10.5 Å². The van der Waals surface area contributed by atoms with Crippen molar-refractivity contribution in [1.82, 2.24) is 10.0 Å². The second-order valence-corrected chi connectivity index (χ2v) is 9.69. The summed E-state index contributed by atoms with van der Waals surface area (Å²) in [6.45, 7) is 2.35. The minimum absolute atomic E-state index is 0.0915. The fraction of sp³-hybridized carbons (Fsp3) is 0.263. The molecule has 30 heavy (non-hydrogen) atoms. The van der Waals surface area contributed by atoms with E-state index in [1.54, 1.807) is 18.2 Å². The van der Waals surface area contributed by atoms with Crippen molar-refractivity contribution in [2.45, 2.75) is 29.6 Å². The number of hydrogen-bond acceptors (Lipinski definition) is 5. The first-order valence-corrected chi connectivity index (χ1v) is 12.2. The molecule has 0 radical (unpaired) electrons. The maximum absolute atomic E-state index is 12.2. The van der Waals surface area contributed by atoms with Crippen LogP contribution >= 0.6 is 35.0 Å². The third-order valence-corrected chi connectivity index (χ3v) is 6.82. The van der Waals surface area contributed by atoms with Gasteiger partial charge in [0.1, 0.15) is 0 Å². The number of amides is 3. The van der Waals surface area contributed by atoms with Gasteiger partial charge in [0.05, 0.1) is 15.7 Å². The number of carbonyl (C=O) groups excluding carboxylic acids is 2. The monoisotopic (exact) mass is 489 g/mol. The summed E-state index contributed by atoms with van der Waals surface area (Å²) in [6.07, 6.45) is 1.63. The zero-order chi connectivity index (χ0) is 22.1. The van der Waals surface area contributed by atoms with Gasteiger partial charge >= 0.3 is 6.03 Å². The number of nitrogens with one attached hydrogen (secondary N) is 3. The second kappa shape index (κ2) is 11.5. The van der Waals surface area contributed by atoms with Crippen molar-refractivity contribution in [2.24, 2.45) is 0 Å². The van der Waals surface area contributed by atoms with Crippen molar-refractivity contribution in [3.05, 3.63) is 52.5 Å². The van der Waals surface area contributed by atoms with Gasteiger partial charge in [-0.2, -0.15) is 0 Å². The maximum Gasteiger partial charge on any atom is 0.328 e. The summed E-state index contributed by atoms with van der Waals surface area (Å²) >= 11 is 13.2. The molecule has 0 spiro atoms. The highest BCUT2D eigenvalue weighted by atomic mass is 35.5. The number of unbranched alkanes of at least 4 members (excludes halogenated alkanes) is 1. The highest BCUT2D eigenvalue weighted by Crippen LogP contribution is 2.29. The molecule has 0 fully saturated rings. The Balaban J connectivity index is 1.91. The fourth-order valence-corrected chi connectivity index (χ4v) is 4.46. The third-order valence-electron chi connectivity index (χ3n) is 3.74. The molecular weight excluding hydrogens is 469 g/mol. The van der Waals surface area contributed by atoms with Crippen LogP contribution < -0.4 is 15.4 Å². The largest absolute Gasteiger partial charge is 0.337 e. The van der Waals surface area contributed by atoms with Gasteiger partial charge in [-0.15, -0.1) is 11.8 Å². The number of anilines is 1. The molecule has 3 amide bonds. The van der Waals surface area contributed by atoms with Gasteiger partial charge in [-0.1, -0.05) is 36.5 Å². The summed E-state index contributed by atoms with van der Waals surface area (Å²) in [5.74, 6) is -0.195. The molecule has 162 valence electrons. The molecule has 3 N–H and O–H groups in total. The van der Waals surface area contributed by atoms with E-state index in [0.29, 0.717) is 27.2 Å². The summed E-state index contributed by atoms with van der Waals surface area (Å²) in [4.78, 5) is 24.4. The van der Waals surface area contributed by atoms with E-state index in [-0.39, 0.29) is 16.6 Å². The maximum atomic E-state index is 12.2. The topological polar surface area (TPSA) is 104 Å². The van der Waals surface area contributed by atoms with Gasteiger partial charge < -0.3 is 10.6 Å². The molecule has 0 aliphatic carbocycles. The van der Waals surface area contributed by atoms with E-state index >= 15 is 0 Å². The predicted octanol–water partition coefficient (Wildman–Crippen LogP) is 4.51. The fourth-order valence-electron chi connectivity index (χ4n) is 2.24. The van der Waals surface area contributed by atoms with Crippen LogP contribution in [0.5, 0.6) is 0 Å². The van der Waals surface area contributed by atoms with Gasteiger partial charge in [-0.3, -0.25) is 4.79 Å². The smallest absolute Gasteiger partial charge is 0.328 e. The van der Waals surface area contributed by atoms with E-state index < -0.39 is 16.1 Å². The SMILES string of the molecule is CCCCNC(=O)NS(=O)(=O)c1ccc(NC(=O)CSc2cc(Cl)ccc2Cl)cc1. The summed E-state index contributed by atoms with van der Waals surface area (Å²) in [7, 11) is -4.00. The first kappa shape index (κ1) is 24.3. The lowest BCUT2D eigenvalue weighted by atomic mass is 10.3. The van der Waals surface area contributed by atoms with E-state index in [9.17, 15) is 18.0 Å². The number of hydrogen-bond donors (Lipinski definition) is 3. The third kappa shape index (κ3) is 7.71. The standard InChI is InChI=1S/C19H21Cl2N3O4S2/c1-2-3-10-22-19(26)24-30(27,28)15-7-5-14(6-8-15)23-18(25)12-29-17-11-13(20)4-9-16(17)21/h4-9,11H,2-3,10,12H2,1H3,(H,23,25)(H2,22,24,26). The zero-order valence-electron chi connectivity index (χ0n) is 16.1. The van der Waals surface area contributed by atoms with Gasteiger partial charge in [0.25, 0.3) is 10.0 Å². The van der Waals surface area contributed by atoms with Crippen LogP contribution in [0, 0.1) is 0 Å². The van der Waals surface area contributed by atoms with Crippen LogP contribution in [-0.4, -0.2) is 32.7 Å². The molecule has 0 bridgehead atoms.